The van der Waals surface area contributed by atoms with E-state index in [-0.39, 0.29) is 0 Å². The average molecular weight is 293 g/mol. The highest BCUT2D eigenvalue weighted by Gasteiger charge is 2.06. The van der Waals surface area contributed by atoms with Crippen molar-refractivity contribution in [3.63, 3.8) is 0 Å². The quantitative estimate of drug-likeness (QED) is 0.887. The fourth-order valence-electron chi connectivity index (χ4n) is 1.28. The number of nitrogens with one attached hydrogen (secondary N) is 1. The molecule has 0 saturated carbocycles. The van der Waals surface area contributed by atoms with Crippen LogP contribution in [0.3, 0.4) is 0 Å². The van der Waals surface area contributed by atoms with E-state index in [9.17, 15) is 0 Å². The Hall–Kier alpha value is -0.250. The summed E-state index contributed by atoms with van der Waals surface area (Å²) in [5.41, 5.74) is 1.05. The van der Waals surface area contributed by atoms with Crippen LogP contribution in [-0.4, -0.2) is 19.8 Å². The average Bonchev–Trinajstić information content (AvgIpc) is 2.23. The standard InChI is InChI=1S/C11H15BrClNO/c1-3-8(7-15-2)14-9-4-5-11(13)10(12)6-9/h4-6,8,14H,3,7H2,1-2H3. The molecule has 0 radical (unpaired) electrons. The molecule has 0 aliphatic carbocycles. The first kappa shape index (κ1) is 12.8. The van der Waals surface area contributed by atoms with Gasteiger partial charge in [-0.25, -0.2) is 0 Å². The summed E-state index contributed by atoms with van der Waals surface area (Å²) in [5.74, 6) is 0. The molecule has 0 saturated heterocycles. The van der Waals surface area contributed by atoms with Crippen molar-refractivity contribution in [3.8, 4) is 0 Å². The highest BCUT2D eigenvalue weighted by molar-refractivity contribution is 9.10. The SMILES string of the molecule is CCC(COC)Nc1ccc(Cl)c(Br)c1. The highest BCUT2D eigenvalue weighted by atomic mass is 79.9. The zero-order chi connectivity index (χ0) is 11.3. The van der Waals surface area contributed by atoms with Crippen molar-refractivity contribution in [1.29, 1.82) is 0 Å². The second kappa shape index (κ2) is 6.36. The number of ether oxygens (including phenoxy) is 1. The molecule has 84 valence electrons. The molecule has 4 heteroatoms. The fraction of sp³-hybridized carbons (Fsp3) is 0.455. The molecule has 15 heavy (non-hydrogen) atoms. The summed E-state index contributed by atoms with van der Waals surface area (Å²) < 4.78 is 6.02. The first-order chi connectivity index (χ1) is 7.17. The van der Waals surface area contributed by atoms with Crippen molar-refractivity contribution in [2.45, 2.75) is 19.4 Å². The van der Waals surface area contributed by atoms with Gasteiger partial charge in [-0.3, -0.25) is 0 Å². The Labute approximate surface area is 104 Å². The van der Waals surface area contributed by atoms with Crippen LogP contribution in [0, 0.1) is 0 Å². The van der Waals surface area contributed by atoms with Crippen molar-refractivity contribution < 1.29 is 4.74 Å². The number of halogens is 2. The van der Waals surface area contributed by atoms with Gasteiger partial charge >= 0.3 is 0 Å². The minimum absolute atomic E-state index is 0.336. The number of benzene rings is 1. The van der Waals surface area contributed by atoms with E-state index in [2.05, 4.69) is 28.2 Å². The summed E-state index contributed by atoms with van der Waals surface area (Å²) in [4.78, 5) is 0. The number of methoxy groups -OCH3 is 1. The maximum Gasteiger partial charge on any atom is 0.0663 e. The van der Waals surface area contributed by atoms with Gasteiger partial charge in [0.05, 0.1) is 11.6 Å². The molecule has 1 rings (SSSR count). The Bertz CT molecular complexity index is 319. The van der Waals surface area contributed by atoms with Gasteiger partial charge in [-0.2, -0.15) is 0 Å². The van der Waals surface area contributed by atoms with E-state index in [1.54, 1.807) is 7.11 Å². The van der Waals surface area contributed by atoms with Crippen LogP contribution in [0.4, 0.5) is 5.69 Å². The Morgan fingerprint density at radius 2 is 2.27 bits per heavy atom. The largest absolute Gasteiger partial charge is 0.383 e. The van der Waals surface area contributed by atoms with Crippen LogP contribution >= 0.6 is 27.5 Å². The van der Waals surface area contributed by atoms with Crippen LogP contribution in [0.2, 0.25) is 5.02 Å². The van der Waals surface area contributed by atoms with Gasteiger partial charge in [-0.15, -0.1) is 0 Å². The number of hydrogen-bond acceptors (Lipinski definition) is 2. The van der Waals surface area contributed by atoms with E-state index in [1.165, 1.54) is 0 Å². The molecule has 1 aromatic rings. The zero-order valence-corrected chi connectivity index (χ0v) is 11.2. The van der Waals surface area contributed by atoms with Crippen LogP contribution in [-0.2, 0) is 4.74 Å². The lowest BCUT2D eigenvalue weighted by atomic mass is 10.2. The van der Waals surface area contributed by atoms with Gasteiger partial charge in [0.15, 0.2) is 0 Å². The highest BCUT2D eigenvalue weighted by Crippen LogP contribution is 2.26. The van der Waals surface area contributed by atoms with E-state index >= 15 is 0 Å². The maximum atomic E-state index is 5.91. The van der Waals surface area contributed by atoms with Gasteiger partial charge < -0.3 is 10.1 Å². The van der Waals surface area contributed by atoms with Crippen molar-refractivity contribution in [2.75, 3.05) is 19.0 Å². The van der Waals surface area contributed by atoms with E-state index in [4.69, 9.17) is 16.3 Å². The molecule has 0 bridgehead atoms. The number of anilines is 1. The third-order valence-electron chi connectivity index (χ3n) is 2.15. The van der Waals surface area contributed by atoms with Crippen molar-refractivity contribution in [1.82, 2.24) is 0 Å². The molecule has 0 aromatic heterocycles. The van der Waals surface area contributed by atoms with Gasteiger partial charge in [-0.1, -0.05) is 18.5 Å². The molecule has 1 N–H and O–H groups in total. The molecular weight excluding hydrogens is 277 g/mol. The smallest absolute Gasteiger partial charge is 0.0663 e. The van der Waals surface area contributed by atoms with Crippen LogP contribution in [0.5, 0.6) is 0 Å². The third kappa shape index (κ3) is 4.01. The van der Waals surface area contributed by atoms with E-state index in [0.29, 0.717) is 12.6 Å². The molecule has 0 heterocycles. The minimum Gasteiger partial charge on any atom is -0.383 e. The van der Waals surface area contributed by atoms with E-state index in [0.717, 1.165) is 21.6 Å². The zero-order valence-electron chi connectivity index (χ0n) is 8.89. The molecule has 0 aliphatic rings. The van der Waals surface area contributed by atoms with Gasteiger partial charge in [0.2, 0.25) is 0 Å². The topological polar surface area (TPSA) is 21.3 Å². The second-order valence-corrected chi connectivity index (χ2v) is 4.60. The predicted molar refractivity (Wildman–Crippen MR) is 68.7 cm³/mol. The van der Waals surface area contributed by atoms with Crippen LogP contribution < -0.4 is 5.32 Å². The molecule has 0 fully saturated rings. The second-order valence-electron chi connectivity index (χ2n) is 3.33. The van der Waals surface area contributed by atoms with Gasteiger partial charge in [0.25, 0.3) is 0 Å². The third-order valence-corrected chi connectivity index (χ3v) is 3.36. The van der Waals surface area contributed by atoms with Crippen LogP contribution in [0.15, 0.2) is 22.7 Å². The summed E-state index contributed by atoms with van der Waals surface area (Å²) in [6.07, 6.45) is 1.02. The molecule has 1 atom stereocenters. The number of rotatable bonds is 5. The molecule has 0 amide bonds. The first-order valence-corrected chi connectivity index (χ1v) is 6.05. The minimum atomic E-state index is 0.336. The summed E-state index contributed by atoms with van der Waals surface area (Å²) in [7, 11) is 1.71. The summed E-state index contributed by atoms with van der Waals surface area (Å²) in [5, 5.41) is 4.11. The Morgan fingerprint density at radius 1 is 1.53 bits per heavy atom. The molecule has 0 spiro atoms. The van der Waals surface area contributed by atoms with Gasteiger partial charge in [0.1, 0.15) is 0 Å². The number of hydrogen-bond donors (Lipinski definition) is 1. The Morgan fingerprint density at radius 3 is 2.80 bits per heavy atom. The van der Waals surface area contributed by atoms with Crippen molar-refractivity contribution in [3.05, 3.63) is 27.7 Å². The van der Waals surface area contributed by atoms with Crippen LogP contribution in [0.1, 0.15) is 13.3 Å². The normalized spacial score (nSPS) is 12.5. The van der Waals surface area contributed by atoms with Crippen molar-refractivity contribution >= 4 is 33.2 Å². The van der Waals surface area contributed by atoms with Crippen molar-refractivity contribution in [2.24, 2.45) is 0 Å². The van der Waals surface area contributed by atoms with Gasteiger partial charge in [-0.05, 0) is 40.5 Å². The molecule has 0 aliphatic heterocycles. The molecule has 1 unspecified atom stereocenters. The summed E-state index contributed by atoms with van der Waals surface area (Å²) >= 11 is 9.31. The molecule has 2 nitrogen and oxygen atoms in total. The summed E-state index contributed by atoms with van der Waals surface area (Å²) in [6, 6.07) is 6.14. The Balaban J connectivity index is 2.66. The molecular formula is C11H15BrClNO. The molecule has 1 aromatic carbocycles. The predicted octanol–water partition coefficient (Wildman–Crippen LogP) is 3.94. The summed E-state index contributed by atoms with van der Waals surface area (Å²) in [6.45, 7) is 2.83. The fourth-order valence-corrected chi connectivity index (χ4v) is 1.78. The maximum absolute atomic E-state index is 5.91. The first-order valence-electron chi connectivity index (χ1n) is 4.88. The van der Waals surface area contributed by atoms with E-state index in [1.807, 2.05) is 18.2 Å². The lowest BCUT2D eigenvalue weighted by molar-refractivity contribution is 0.184. The lowest BCUT2D eigenvalue weighted by Gasteiger charge is -2.17. The monoisotopic (exact) mass is 291 g/mol. The Kier molecular flexibility index (Phi) is 5.43. The van der Waals surface area contributed by atoms with E-state index < -0.39 is 0 Å². The van der Waals surface area contributed by atoms with Crippen LogP contribution in [0.25, 0.3) is 0 Å². The van der Waals surface area contributed by atoms with Gasteiger partial charge in [0, 0.05) is 23.3 Å². The lowest BCUT2D eigenvalue weighted by Crippen LogP contribution is -2.23.